The molecule has 0 saturated heterocycles. The van der Waals surface area contributed by atoms with Crippen LogP contribution in [0, 0.1) is 5.92 Å². The van der Waals surface area contributed by atoms with Crippen molar-refractivity contribution in [2.75, 3.05) is 5.88 Å². The summed E-state index contributed by atoms with van der Waals surface area (Å²) >= 11 is 6.02. The third-order valence-electron chi connectivity index (χ3n) is 4.03. The Hall–Kier alpha value is -0.500. The van der Waals surface area contributed by atoms with Gasteiger partial charge in [0.15, 0.2) is 0 Å². The van der Waals surface area contributed by atoms with Crippen molar-refractivity contribution in [2.45, 2.75) is 64.3 Å². The van der Waals surface area contributed by atoms with Crippen molar-refractivity contribution in [1.29, 1.82) is 0 Å². The van der Waals surface area contributed by atoms with Crippen LogP contribution in [0.5, 0.6) is 0 Å². The average molecular weight is 269 g/mol. The molecule has 1 aromatic heterocycles. The van der Waals surface area contributed by atoms with Crippen molar-refractivity contribution in [1.82, 2.24) is 9.78 Å². The normalized spacial score (nSPS) is 19.0. The Labute approximate surface area is 116 Å². The summed E-state index contributed by atoms with van der Waals surface area (Å²) in [5.41, 5.74) is 1.22. The van der Waals surface area contributed by atoms with Gasteiger partial charge in [-0.3, -0.25) is 4.68 Å². The minimum Gasteiger partial charge on any atom is -0.269 e. The lowest BCUT2D eigenvalue weighted by Gasteiger charge is -2.21. The molecule has 1 atom stereocenters. The topological polar surface area (TPSA) is 17.8 Å². The van der Waals surface area contributed by atoms with E-state index in [0.717, 1.165) is 12.3 Å². The average Bonchev–Trinajstić information content (AvgIpc) is 2.88. The smallest absolute Gasteiger partial charge is 0.0627 e. The van der Waals surface area contributed by atoms with Gasteiger partial charge in [0.2, 0.25) is 0 Å². The molecule has 0 spiro atoms. The Morgan fingerprint density at radius 2 is 2.17 bits per heavy atom. The fraction of sp³-hybridized carbons (Fsp3) is 0.800. The number of rotatable bonds is 6. The van der Waals surface area contributed by atoms with Crippen LogP contribution in [0.3, 0.4) is 0 Å². The summed E-state index contributed by atoms with van der Waals surface area (Å²) in [6, 6.07) is 2.83. The second-order valence-electron chi connectivity index (χ2n) is 5.59. The number of halogens is 1. The molecular formula is C15H25ClN2. The largest absolute Gasteiger partial charge is 0.269 e. The van der Waals surface area contributed by atoms with Crippen molar-refractivity contribution >= 4 is 11.6 Å². The zero-order valence-electron chi connectivity index (χ0n) is 11.4. The first-order valence-electron chi connectivity index (χ1n) is 7.43. The molecule has 1 aromatic rings. The highest BCUT2D eigenvalue weighted by Crippen LogP contribution is 2.27. The van der Waals surface area contributed by atoms with Gasteiger partial charge in [-0.1, -0.05) is 32.6 Å². The number of nitrogens with zero attached hydrogens (tertiary/aromatic N) is 2. The van der Waals surface area contributed by atoms with Gasteiger partial charge in [0.1, 0.15) is 0 Å². The van der Waals surface area contributed by atoms with Crippen LogP contribution < -0.4 is 0 Å². The van der Waals surface area contributed by atoms with E-state index in [9.17, 15) is 0 Å². The summed E-state index contributed by atoms with van der Waals surface area (Å²) in [5.74, 6) is 1.34. The summed E-state index contributed by atoms with van der Waals surface area (Å²) in [7, 11) is 0. The Bertz CT molecular complexity index is 342. The molecule has 0 radical (unpaired) electrons. The van der Waals surface area contributed by atoms with E-state index in [1.54, 1.807) is 0 Å². The molecule has 1 fully saturated rings. The maximum atomic E-state index is 6.02. The lowest BCUT2D eigenvalue weighted by molar-refractivity contribution is 0.327. The van der Waals surface area contributed by atoms with Crippen LogP contribution in [-0.2, 0) is 6.42 Å². The van der Waals surface area contributed by atoms with E-state index in [1.165, 1.54) is 50.6 Å². The standard InChI is InChI=1S/C15H25ClN2/c1-2-6-13(12-16)11-14-9-10-18(17-14)15-7-4-3-5-8-15/h9-10,13,15H,2-8,11-12H2,1H3. The van der Waals surface area contributed by atoms with Gasteiger partial charge >= 0.3 is 0 Å². The van der Waals surface area contributed by atoms with E-state index in [2.05, 4.69) is 23.9 Å². The zero-order chi connectivity index (χ0) is 12.8. The van der Waals surface area contributed by atoms with E-state index >= 15 is 0 Å². The summed E-state index contributed by atoms with van der Waals surface area (Å²) < 4.78 is 2.20. The molecule has 0 bridgehead atoms. The minimum atomic E-state index is 0.589. The van der Waals surface area contributed by atoms with Crippen LogP contribution in [0.1, 0.15) is 63.6 Å². The second-order valence-corrected chi connectivity index (χ2v) is 5.90. The number of aromatic nitrogens is 2. The molecule has 18 heavy (non-hydrogen) atoms. The third-order valence-corrected chi connectivity index (χ3v) is 4.46. The van der Waals surface area contributed by atoms with E-state index in [1.807, 2.05) is 0 Å². The van der Waals surface area contributed by atoms with E-state index < -0.39 is 0 Å². The van der Waals surface area contributed by atoms with Crippen LogP contribution in [0.2, 0.25) is 0 Å². The summed E-state index contributed by atoms with van der Waals surface area (Å²) in [6.07, 6.45) is 12.3. The fourth-order valence-corrected chi connectivity index (χ4v) is 3.24. The van der Waals surface area contributed by atoms with Gasteiger partial charge in [0, 0.05) is 12.1 Å². The first kappa shape index (κ1) is 13.9. The van der Waals surface area contributed by atoms with Crippen molar-refractivity contribution in [3.8, 4) is 0 Å². The maximum Gasteiger partial charge on any atom is 0.0627 e. The van der Waals surface area contributed by atoms with Crippen LogP contribution in [0.15, 0.2) is 12.3 Å². The lowest BCUT2D eigenvalue weighted by atomic mass is 9.96. The highest BCUT2D eigenvalue weighted by atomic mass is 35.5. The van der Waals surface area contributed by atoms with Gasteiger partial charge in [-0.2, -0.15) is 5.10 Å². The SMILES string of the molecule is CCCC(CCl)Cc1ccn(C2CCCCC2)n1. The van der Waals surface area contributed by atoms with E-state index in [0.29, 0.717) is 12.0 Å². The van der Waals surface area contributed by atoms with E-state index in [-0.39, 0.29) is 0 Å². The van der Waals surface area contributed by atoms with Crippen LogP contribution >= 0.6 is 11.6 Å². The molecule has 2 rings (SSSR count). The minimum absolute atomic E-state index is 0.589. The molecule has 0 aromatic carbocycles. The van der Waals surface area contributed by atoms with Gasteiger partial charge in [-0.15, -0.1) is 11.6 Å². The van der Waals surface area contributed by atoms with Crippen LogP contribution in [0.25, 0.3) is 0 Å². The van der Waals surface area contributed by atoms with Gasteiger partial charge < -0.3 is 0 Å². The first-order valence-corrected chi connectivity index (χ1v) is 7.97. The quantitative estimate of drug-likeness (QED) is 0.690. The number of alkyl halides is 1. The van der Waals surface area contributed by atoms with Crippen LogP contribution in [0.4, 0.5) is 0 Å². The second kappa shape index (κ2) is 7.18. The van der Waals surface area contributed by atoms with Crippen molar-refractivity contribution in [2.24, 2.45) is 5.92 Å². The molecule has 1 heterocycles. The monoisotopic (exact) mass is 268 g/mol. The predicted octanol–water partition coefficient (Wildman–Crippen LogP) is 4.59. The van der Waals surface area contributed by atoms with Crippen LogP contribution in [-0.4, -0.2) is 15.7 Å². The maximum absolute atomic E-state index is 6.02. The fourth-order valence-electron chi connectivity index (χ4n) is 2.97. The van der Waals surface area contributed by atoms with Gasteiger partial charge in [-0.05, 0) is 37.7 Å². The Kier molecular flexibility index (Phi) is 5.55. The van der Waals surface area contributed by atoms with Crippen molar-refractivity contribution in [3.05, 3.63) is 18.0 Å². The molecule has 2 nitrogen and oxygen atoms in total. The zero-order valence-corrected chi connectivity index (χ0v) is 12.2. The molecule has 0 N–H and O–H groups in total. The molecule has 0 amide bonds. The Morgan fingerprint density at radius 1 is 1.39 bits per heavy atom. The van der Waals surface area contributed by atoms with Crippen molar-refractivity contribution in [3.63, 3.8) is 0 Å². The number of hydrogen-bond donors (Lipinski definition) is 0. The number of hydrogen-bond acceptors (Lipinski definition) is 1. The molecule has 1 aliphatic carbocycles. The third kappa shape index (κ3) is 3.74. The first-order chi connectivity index (χ1) is 8.83. The molecular weight excluding hydrogens is 244 g/mol. The summed E-state index contributed by atoms with van der Waals surface area (Å²) in [6.45, 7) is 2.22. The molecule has 102 valence electrons. The van der Waals surface area contributed by atoms with E-state index in [4.69, 9.17) is 16.7 Å². The van der Waals surface area contributed by atoms with Gasteiger partial charge in [0.05, 0.1) is 11.7 Å². The summed E-state index contributed by atoms with van der Waals surface area (Å²) in [4.78, 5) is 0. The van der Waals surface area contributed by atoms with Crippen molar-refractivity contribution < 1.29 is 0 Å². The Morgan fingerprint density at radius 3 is 2.83 bits per heavy atom. The predicted molar refractivity (Wildman–Crippen MR) is 77.2 cm³/mol. The van der Waals surface area contributed by atoms with Gasteiger partial charge in [-0.25, -0.2) is 0 Å². The molecule has 0 aliphatic heterocycles. The van der Waals surface area contributed by atoms with Gasteiger partial charge in [0.25, 0.3) is 0 Å². The molecule has 1 unspecified atom stereocenters. The lowest BCUT2D eigenvalue weighted by Crippen LogP contribution is -2.14. The molecule has 1 saturated carbocycles. The molecule has 3 heteroatoms. The Balaban J connectivity index is 1.92. The molecule has 1 aliphatic rings. The highest BCUT2D eigenvalue weighted by Gasteiger charge is 2.17. The summed E-state index contributed by atoms with van der Waals surface area (Å²) in [5, 5.41) is 4.76. The highest BCUT2D eigenvalue weighted by molar-refractivity contribution is 6.18.